The highest BCUT2D eigenvalue weighted by atomic mass is 35.5. The summed E-state index contributed by atoms with van der Waals surface area (Å²) in [6.07, 6.45) is 4.58. The number of pyridine rings is 1. The van der Waals surface area contributed by atoms with Crippen LogP contribution in [0.25, 0.3) is 0 Å². The molecule has 0 saturated heterocycles. The lowest BCUT2D eigenvalue weighted by molar-refractivity contribution is 0.102. The third-order valence-corrected chi connectivity index (χ3v) is 4.56. The van der Waals surface area contributed by atoms with Crippen molar-refractivity contribution in [3.05, 3.63) is 46.2 Å². The van der Waals surface area contributed by atoms with Gasteiger partial charge in [0.2, 0.25) is 0 Å². The number of carbonyl (C=O) groups is 1. The molecule has 0 bridgehead atoms. The first-order chi connectivity index (χ1) is 12.1. The highest BCUT2D eigenvalue weighted by molar-refractivity contribution is 6.35. The van der Waals surface area contributed by atoms with Crippen molar-refractivity contribution in [2.75, 3.05) is 12.4 Å². The van der Waals surface area contributed by atoms with Gasteiger partial charge >= 0.3 is 0 Å². The molecule has 7 heteroatoms. The van der Waals surface area contributed by atoms with Gasteiger partial charge < -0.3 is 14.8 Å². The van der Waals surface area contributed by atoms with E-state index in [1.54, 1.807) is 25.3 Å². The number of benzene rings is 1. The molecule has 1 heterocycles. The minimum absolute atomic E-state index is 0.0725. The molecule has 1 aliphatic carbocycles. The first kappa shape index (κ1) is 17.8. The molecule has 1 N–H and O–H groups in total. The summed E-state index contributed by atoms with van der Waals surface area (Å²) in [5, 5.41) is 3.20. The van der Waals surface area contributed by atoms with Gasteiger partial charge in [0.1, 0.15) is 10.8 Å². The molecule has 0 aliphatic heterocycles. The van der Waals surface area contributed by atoms with E-state index in [1.165, 1.54) is 25.0 Å². The second kappa shape index (κ2) is 7.93. The zero-order valence-electron chi connectivity index (χ0n) is 13.7. The van der Waals surface area contributed by atoms with Gasteiger partial charge in [-0.05, 0) is 49.9 Å². The molecule has 1 saturated carbocycles. The molecule has 0 atom stereocenters. The lowest BCUT2D eigenvalue weighted by Gasteiger charge is -2.17. The molecule has 1 aliphatic rings. The van der Waals surface area contributed by atoms with Gasteiger partial charge in [0, 0.05) is 11.8 Å². The number of amides is 1. The van der Waals surface area contributed by atoms with Gasteiger partial charge in [0.05, 0.1) is 18.2 Å². The summed E-state index contributed by atoms with van der Waals surface area (Å²) in [5.41, 5.74) is 0.639. The van der Waals surface area contributed by atoms with E-state index in [9.17, 15) is 4.79 Å². The Labute approximate surface area is 156 Å². The van der Waals surface area contributed by atoms with Gasteiger partial charge in [-0.25, -0.2) is 4.98 Å². The summed E-state index contributed by atoms with van der Waals surface area (Å²) in [6, 6.07) is 8.30. The Balaban J connectivity index is 1.79. The van der Waals surface area contributed by atoms with Gasteiger partial charge in [0.25, 0.3) is 5.91 Å². The minimum atomic E-state index is -0.440. The fourth-order valence-electron chi connectivity index (χ4n) is 2.80. The maximum absolute atomic E-state index is 12.4. The van der Waals surface area contributed by atoms with Crippen molar-refractivity contribution < 1.29 is 14.3 Å². The Morgan fingerprint density at radius 3 is 2.64 bits per heavy atom. The van der Waals surface area contributed by atoms with E-state index in [0.29, 0.717) is 17.2 Å². The SMILES string of the molecule is COc1ccc(NC(=O)c2nc(Cl)ccc2Cl)cc1OC1CCCC1. The topological polar surface area (TPSA) is 60.5 Å². The van der Waals surface area contributed by atoms with Crippen LogP contribution in [0.1, 0.15) is 36.2 Å². The molecule has 25 heavy (non-hydrogen) atoms. The molecule has 1 fully saturated rings. The van der Waals surface area contributed by atoms with E-state index in [0.717, 1.165) is 12.8 Å². The van der Waals surface area contributed by atoms with Gasteiger partial charge in [-0.15, -0.1) is 0 Å². The van der Waals surface area contributed by atoms with Gasteiger partial charge in [0.15, 0.2) is 11.5 Å². The average Bonchev–Trinajstić information content (AvgIpc) is 3.10. The lowest BCUT2D eigenvalue weighted by Crippen LogP contribution is -2.15. The number of carbonyl (C=O) groups excluding carboxylic acids is 1. The van der Waals surface area contributed by atoms with Gasteiger partial charge in [-0.2, -0.15) is 0 Å². The predicted octanol–water partition coefficient (Wildman–Crippen LogP) is 4.97. The Hall–Kier alpha value is -1.98. The average molecular weight is 381 g/mol. The van der Waals surface area contributed by atoms with Gasteiger partial charge in [-0.3, -0.25) is 4.79 Å². The Morgan fingerprint density at radius 1 is 1.16 bits per heavy atom. The van der Waals surface area contributed by atoms with Crippen LogP contribution in [0.15, 0.2) is 30.3 Å². The van der Waals surface area contributed by atoms with Crippen LogP contribution in [0.5, 0.6) is 11.5 Å². The van der Waals surface area contributed by atoms with Crippen molar-refractivity contribution >= 4 is 34.8 Å². The van der Waals surface area contributed by atoms with Crippen molar-refractivity contribution in [3.8, 4) is 11.5 Å². The molecular weight excluding hydrogens is 363 g/mol. The number of rotatable bonds is 5. The number of nitrogens with one attached hydrogen (secondary N) is 1. The van der Waals surface area contributed by atoms with E-state index in [2.05, 4.69) is 10.3 Å². The predicted molar refractivity (Wildman–Crippen MR) is 98.1 cm³/mol. The molecule has 3 rings (SSSR count). The molecule has 1 aromatic carbocycles. The van der Waals surface area contributed by atoms with Crippen molar-refractivity contribution in [2.45, 2.75) is 31.8 Å². The Bertz CT molecular complexity index is 777. The Morgan fingerprint density at radius 2 is 1.92 bits per heavy atom. The molecule has 0 radical (unpaired) electrons. The number of hydrogen-bond donors (Lipinski definition) is 1. The summed E-state index contributed by atoms with van der Waals surface area (Å²) in [6.45, 7) is 0. The maximum atomic E-state index is 12.4. The van der Waals surface area contributed by atoms with Crippen molar-refractivity contribution in [1.82, 2.24) is 4.98 Å². The minimum Gasteiger partial charge on any atom is -0.493 e. The summed E-state index contributed by atoms with van der Waals surface area (Å²) in [7, 11) is 1.59. The molecule has 132 valence electrons. The van der Waals surface area contributed by atoms with Gasteiger partial charge in [-0.1, -0.05) is 23.2 Å². The van der Waals surface area contributed by atoms with Crippen molar-refractivity contribution in [2.24, 2.45) is 0 Å². The number of anilines is 1. The summed E-state index contributed by atoms with van der Waals surface area (Å²) in [4.78, 5) is 16.4. The van der Waals surface area contributed by atoms with Crippen molar-refractivity contribution in [3.63, 3.8) is 0 Å². The van der Waals surface area contributed by atoms with Crippen LogP contribution in [-0.2, 0) is 0 Å². The summed E-state index contributed by atoms with van der Waals surface area (Å²) >= 11 is 11.9. The molecular formula is C18H18Cl2N2O3. The number of halogens is 2. The smallest absolute Gasteiger partial charge is 0.275 e. The number of hydrogen-bond acceptors (Lipinski definition) is 4. The zero-order chi connectivity index (χ0) is 17.8. The Kier molecular flexibility index (Phi) is 5.66. The molecule has 1 amide bonds. The van der Waals surface area contributed by atoms with E-state index in [-0.39, 0.29) is 22.0 Å². The monoisotopic (exact) mass is 380 g/mol. The van der Waals surface area contributed by atoms with E-state index in [4.69, 9.17) is 32.7 Å². The standard InChI is InChI=1S/C18H18Cl2N2O3/c1-24-14-8-6-11(10-15(14)25-12-4-2-3-5-12)21-18(23)17-13(19)7-9-16(20)22-17/h6-10,12H,2-5H2,1H3,(H,21,23). The molecule has 0 unspecified atom stereocenters. The quantitative estimate of drug-likeness (QED) is 0.743. The third-order valence-electron chi connectivity index (χ3n) is 4.04. The fourth-order valence-corrected chi connectivity index (χ4v) is 3.14. The highest BCUT2D eigenvalue weighted by Gasteiger charge is 2.19. The maximum Gasteiger partial charge on any atom is 0.275 e. The molecule has 2 aromatic rings. The lowest BCUT2D eigenvalue weighted by atomic mass is 10.2. The van der Waals surface area contributed by atoms with Crippen LogP contribution in [-0.4, -0.2) is 24.1 Å². The van der Waals surface area contributed by atoms with Crippen LogP contribution < -0.4 is 14.8 Å². The van der Waals surface area contributed by atoms with Crippen molar-refractivity contribution in [1.29, 1.82) is 0 Å². The molecule has 5 nitrogen and oxygen atoms in total. The van der Waals surface area contributed by atoms with Crippen LogP contribution in [0.2, 0.25) is 10.2 Å². The first-order valence-electron chi connectivity index (χ1n) is 8.05. The normalized spacial score (nSPS) is 14.4. The second-order valence-electron chi connectivity index (χ2n) is 5.81. The van der Waals surface area contributed by atoms with E-state index >= 15 is 0 Å². The zero-order valence-corrected chi connectivity index (χ0v) is 15.2. The van der Waals surface area contributed by atoms with E-state index < -0.39 is 5.91 Å². The van der Waals surface area contributed by atoms with Crippen LogP contribution in [0.3, 0.4) is 0 Å². The number of nitrogens with zero attached hydrogens (tertiary/aromatic N) is 1. The summed E-state index contributed by atoms with van der Waals surface area (Å²) in [5.74, 6) is 0.797. The van der Waals surface area contributed by atoms with Crippen LogP contribution >= 0.6 is 23.2 Å². The number of ether oxygens (including phenoxy) is 2. The second-order valence-corrected chi connectivity index (χ2v) is 6.60. The van der Waals surface area contributed by atoms with E-state index in [1.807, 2.05) is 0 Å². The summed E-state index contributed by atoms with van der Waals surface area (Å²) < 4.78 is 11.4. The number of aromatic nitrogens is 1. The largest absolute Gasteiger partial charge is 0.493 e. The fraction of sp³-hybridized carbons (Fsp3) is 0.333. The first-order valence-corrected chi connectivity index (χ1v) is 8.80. The molecule has 1 aromatic heterocycles. The molecule has 0 spiro atoms. The van der Waals surface area contributed by atoms with Crippen LogP contribution in [0, 0.1) is 0 Å². The van der Waals surface area contributed by atoms with Crippen LogP contribution in [0.4, 0.5) is 5.69 Å². The number of methoxy groups -OCH3 is 1. The highest BCUT2D eigenvalue weighted by Crippen LogP contribution is 2.34. The third kappa shape index (κ3) is 4.35.